The Bertz CT molecular complexity index is 410. The van der Waals surface area contributed by atoms with Crippen molar-refractivity contribution in [1.82, 2.24) is 0 Å². The van der Waals surface area contributed by atoms with Crippen LogP contribution in [-0.4, -0.2) is 30.6 Å². The Hall–Kier alpha value is -1.70. The minimum absolute atomic E-state index is 1.09. The SMILES string of the molecule is C=C/N=C\C(c1ccccc1C)=[N+](C)C. The number of aliphatic imine (C=N–C) groups is 1. The first-order chi connectivity index (χ1) is 7.16. The van der Waals surface area contributed by atoms with Crippen molar-refractivity contribution in [3.8, 4) is 0 Å². The Balaban J connectivity index is 3.24. The lowest BCUT2D eigenvalue weighted by atomic mass is 10.0. The second-order valence-electron chi connectivity index (χ2n) is 3.56. The zero-order valence-corrected chi connectivity index (χ0v) is 9.57. The fraction of sp³-hybridized carbons (Fsp3) is 0.231. The normalized spacial score (nSPS) is 10.3. The Kier molecular flexibility index (Phi) is 3.98. The summed E-state index contributed by atoms with van der Waals surface area (Å²) >= 11 is 0. The van der Waals surface area contributed by atoms with Crippen molar-refractivity contribution in [2.45, 2.75) is 6.92 Å². The quantitative estimate of drug-likeness (QED) is 0.526. The summed E-state index contributed by atoms with van der Waals surface area (Å²) in [6.07, 6.45) is 3.37. The fourth-order valence-electron chi connectivity index (χ4n) is 1.41. The van der Waals surface area contributed by atoms with E-state index >= 15 is 0 Å². The van der Waals surface area contributed by atoms with E-state index in [2.05, 4.69) is 35.2 Å². The monoisotopic (exact) mass is 201 g/mol. The van der Waals surface area contributed by atoms with Gasteiger partial charge < -0.3 is 0 Å². The maximum absolute atomic E-state index is 4.07. The van der Waals surface area contributed by atoms with Crippen LogP contribution in [0.5, 0.6) is 0 Å². The van der Waals surface area contributed by atoms with Gasteiger partial charge in [0.1, 0.15) is 14.1 Å². The number of rotatable bonds is 3. The summed E-state index contributed by atoms with van der Waals surface area (Å²) in [5.74, 6) is 0. The Morgan fingerprint density at radius 3 is 2.53 bits per heavy atom. The largest absolute Gasteiger partial charge is 0.258 e. The Morgan fingerprint density at radius 1 is 1.33 bits per heavy atom. The molecular weight excluding hydrogens is 184 g/mol. The smallest absolute Gasteiger partial charge is 0.225 e. The molecule has 0 N–H and O–H groups in total. The molecule has 78 valence electrons. The molecule has 15 heavy (non-hydrogen) atoms. The predicted molar refractivity (Wildman–Crippen MR) is 66.1 cm³/mol. The van der Waals surface area contributed by atoms with E-state index in [4.69, 9.17) is 0 Å². The van der Waals surface area contributed by atoms with Gasteiger partial charge in [-0.3, -0.25) is 4.99 Å². The van der Waals surface area contributed by atoms with Crippen LogP contribution >= 0.6 is 0 Å². The zero-order valence-electron chi connectivity index (χ0n) is 9.57. The van der Waals surface area contributed by atoms with E-state index in [1.165, 1.54) is 11.1 Å². The summed E-state index contributed by atoms with van der Waals surface area (Å²) in [6.45, 7) is 5.68. The maximum atomic E-state index is 4.07. The molecule has 1 rings (SSSR count). The summed E-state index contributed by atoms with van der Waals surface area (Å²) in [7, 11) is 4.02. The molecule has 2 nitrogen and oxygen atoms in total. The van der Waals surface area contributed by atoms with Gasteiger partial charge >= 0.3 is 0 Å². The van der Waals surface area contributed by atoms with Gasteiger partial charge in [-0.1, -0.05) is 24.8 Å². The third-order valence-electron chi connectivity index (χ3n) is 2.21. The molecule has 0 aromatic heterocycles. The van der Waals surface area contributed by atoms with E-state index in [0.29, 0.717) is 0 Å². The third-order valence-corrected chi connectivity index (χ3v) is 2.21. The van der Waals surface area contributed by atoms with E-state index < -0.39 is 0 Å². The van der Waals surface area contributed by atoms with Crippen molar-refractivity contribution in [2.24, 2.45) is 4.99 Å². The van der Waals surface area contributed by atoms with Crippen LogP contribution in [0.25, 0.3) is 0 Å². The number of hydrogen-bond acceptors (Lipinski definition) is 1. The van der Waals surface area contributed by atoms with Crippen molar-refractivity contribution < 1.29 is 4.58 Å². The molecule has 0 aliphatic heterocycles. The number of hydrogen-bond donors (Lipinski definition) is 0. The zero-order chi connectivity index (χ0) is 11.3. The molecule has 1 aromatic rings. The highest BCUT2D eigenvalue weighted by Crippen LogP contribution is 2.07. The van der Waals surface area contributed by atoms with Crippen LogP contribution in [0.15, 0.2) is 42.0 Å². The fourth-order valence-corrected chi connectivity index (χ4v) is 1.41. The molecule has 0 aliphatic rings. The molecule has 0 fully saturated rings. The molecule has 0 heterocycles. The van der Waals surface area contributed by atoms with Gasteiger partial charge in [-0.15, -0.1) is 0 Å². The highest BCUT2D eigenvalue weighted by Gasteiger charge is 2.10. The highest BCUT2D eigenvalue weighted by molar-refractivity contribution is 6.36. The molecule has 2 heteroatoms. The van der Waals surface area contributed by atoms with Crippen LogP contribution in [0.1, 0.15) is 11.1 Å². The second kappa shape index (κ2) is 5.25. The Morgan fingerprint density at radius 2 is 2.00 bits per heavy atom. The summed E-state index contributed by atoms with van der Waals surface area (Å²) < 4.78 is 2.05. The molecule has 0 saturated carbocycles. The van der Waals surface area contributed by atoms with E-state index in [1.54, 1.807) is 6.20 Å². The lowest BCUT2D eigenvalue weighted by Gasteiger charge is -2.02. The van der Waals surface area contributed by atoms with Gasteiger partial charge in [0.25, 0.3) is 0 Å². The standard InChI is InChI=1S/C13H17N2/c1-5-14-10-13(15(3)4)12-9-7-6-8-11(12)2/h5-10H,1H2,2-4H3/q+1/b14-10-. The molecule has 0 radical (unpaired) electrons. The molecule has 1 aromatic carbocycles. The van der Waals surface area contributed by atoms with Crippen molar-refractivity contribution in [3.63, 3.8) is 0 Å². The van der Waals surface area contributed by atoms with Gasteiger partial charge in [-0.05, 0) is 18.6 Å². The summed E-state index contributed by atoms with van der Waals surface area (Å²) in [6, 6.07) is 8.27. The summed E-state index contributed by atoms with van der Waals surface area (Å²) in [4.78, 5) is 4.07. The first-order valence-corrected chi connectivity index (χ1v) is 4.91. The number of nitrogens with zero attached hydrogens (tertiary/aromatic N) is 2. The topological polar surface area (TPSA) is 15.4 Å². The van der Waals surface area contributed by atoms with Gasteiger partial charge in [0, 0.05) is 6.20 Å². The van der Waals surface area contributed by atoms with Crippen molar-refractivity contribution in [3.05, 3.63) is 48.2 Å². The molecule has 0 unspecified atom stereocenters. The first kappa shape index (κ1) is 11.4. The van der Waals surface area contributed by atoms with Crippen LogP contribution < -0.4 is 0 Å². The van der Waals surface area contributed by atoms with E-state index in [0.717, 1.165) is 5.71 Å². The number of benzene rings is 1. The molecule has 0 aliphatic carbocycles. The van der Waals surface area contributed by atoms with Crippen molar-refractivity contribution >= 4 is 11.9 Å². The third kappa shape index (κ3) is 2.88. The summed E-state index contributed by atoms with van der Waals surface area (Å²) in [5.41, 5.74) is 3.54. The maximum Gasteiger partial charge on any atom is 0.225 e. The minimum Gasteiger partial charge on any atom is -0.258 e. The second-order valence-corrected chi connectivity index (χ2v) is 3.56. The van der Waals surface area contributed by atoms with Crippen molar-refractivity contribution in [2.75, 3.05) is 14.1 Å². The van der Waals surface area contributed by atoms with E-state index in [-0.39, 0.29) is 0 Å². The van der Waals surface area contributed by atoms with Crippen LogP contribution in [0.2, 0.25) is 0 Å². The Labute approximate surface area is 91.3 Å². The first-order valence-electron chi connectivity index (χ1n) is 4.91. The van der Waals surface area contributed by atoms with Crippen molar-refractivity contribution in [1.29, 1.82) is 0 Å². The van der Waals surface area contributed by atoms with Gasteiger partial charge in [0.15, 0.2) is 0 Å². The summed E-state index contributed by atoms with van der Waals surface area (Å²) in [5, 5.41) is 0. The van der Waals surface area contributed by atoms with Crippen LogP contribution in [0.4, 0.5) is 0 Å². The van der Waals surface area contributed by atoms with Crippen LogP contribution in [0, 0.1) is 6.92 Å². The molecular formula is C13H17N2+. The molecule has 0 amide bonds. The highest BCUT2D eigenvalue weighted by atomic mass is 14.9. The van der Waals surface area contributed by atoms with Gasteiger partial charge in [-0.25, -0.2) is 4.58 Å². The average molecular weight is 201 g/mol. The van der Waals surface area contributed by atoms with Gasteiger partial charge in [0.2, 0.25) is 5.71 Å². The molecule has 0 bridgehead atoms. The number of aryl methyl sites for hydroxylation is 1. The lowest BCUT2D eigenvalue weighted by Crippen LogP contribution is -2.17. The van der Waals surface area contributed by atoms with Crippen LogP contribution in [0.3, 0.4) is 0 Å². The van der Waals surface area contributed by atoms with Gasteiger partial charge in [-0.2, -0.15) is 0 Å². The average Bonchev–Trinajstić information content (AvgIpc) is 2.20. The van der Waals surface area contributed by atoms with Gasteiger partial charge in [0.05, 0.1) is 11.8 Å². The minimum atomic E-state index is 1.09. The predicted octanol–water partition coefficient (Wildman–Crippen LogP) is 2.27. The molecule has 0 saturated heterocycles. The van der Waals surface area contributed by atoms with E-state index in [9.17, 15) is 0 Å². The van der Waals surface area contributed by atoms with E-state index in [1.807, 2.05) is 32.4 Å². The lowest BCUT2D eigenvalue weighted by molar-refractivity contribution is -0.461. The van der Waals surface area contributed by atoms with Crippen LogP contribution in [-0.2, 0) is 0 Å². The molecule has 0 spiro atoms. The molecule has 0 atom stereocenters.